The van der Waals surface area contributed by atoms with Gasteiger partial charge in [0.2, 0.25) is 0 Å². The van der Waals surface area contributed by atoms with E-state index in [1.54, 1.807) is 11.3 Å². The number of fused-ring (bicyclic) bond motifs is 3. The molecule has 3 aromatic heterocycles. The van der Waals surface area contributed by atoms with E-state index >= 15 is 0 Å². The monoisotopic (exact) mass is 189 g/mol. The standard InChI is InChI=1S/C9H7N3S/c1-12-5-11-7-4-10-6-2-3-13-9(6)8(7)12/h2-5H,1H3. The van der Waals surface area contributed by atoms with Gasteiger partial charge >= 0.3 is 0 Å². The molecule has 3 nitrogen and oxygen atoms in total. The van der Waals surface area contributed by atoms with E-state index in [0.717, 1.165) is 11.0 Å². The average molecular weight is 189 g/mol. The summed E-state index contributed by atoms with van der Waals surface area (Å²) in [5.41, 5.74) is 3.21. The first kappa shape index (κ1) is 7.03. The van der Waals surface area contributed by atoms with Crippen molar-refractivity contribution in [2.45, 2.75) is 0 Å². The highest BCUT2D eigenvalue weighted by molar-refractivity contribution is 7.18. The minimum absolute atomic E-state index is 0.970. The second kappa shape index (κ2) is 2.29. The van der Waals surface area contributed by atoms with Gasteiger partial charge in [0, 0.05) is 7.05 Å². The lowest BCUT2D eigenvalue weighted by Gasteiger charge is -1.94. The molecule has 0 amide bonds. The number of aromatic nitrogens is 3. The van der Waals surface area contributed by atoms with E-state index in [2.05, 4.69) is 15.3 Å². The maximum Gasteiger partial charge on any atom is 0.108 e. The number of hydrogen-bond donors (Lipinski definition) is 0. The summed E-state index contributed by atoms with van der Waals surface area (Å²) in [6, 6.07) is 2.03. The van der Waals surface area contributed by atoms with Gasteiger partial charge in [-0.15, -0.1) is 11.3 Å². The summed E-state index contributed by atoms with van der Waals surface area (Å²) in [4.78, 5) is 8.57. The first-order valence-corrected chi connectivity index (χ1v) is 4.87. The molecule has 3 aromatic rings. The molecular formula is C9H7N3S. The van der Waals surface area contributed by atoms with Crippen LogP contribution in [0.3, 0.4) is 0 Å². The lowest BCUT2D eigenvalue weighted by Crippen LogP contribution is -1.84. The van der Waals surface area contributed by atoms with Crippen LogP contribution in [0.4, 0.5) is 0 Å². The van der Waals surface area contributed by atoms with E-state index in [1.807, 2.05) is 30.2 Å². The summed E-state index contributed by atoms with van der Waals surface area (Å²) < 4.78 is 3.26. The van der Waals surface area contributed by atoms with E-state index in [0.29, 0.717) is 0 Å². The summed E-state index contributed by atoms with van der Waals surface area (Å²) in [6.07, 6.45) is 3.65. The third-order valence-corrected chi connectivity index (χ3v) is 3.06. The van der Waals surface area contributed by atoms with Crippen LogP contribution >= 0.6 is 11.3 Å². The smallest absolute Gasteiger partial charge is 0.108 e. The van der Waals surface area contributed by atoms with Crippen molar-refractivity contribution in [1.82, 2.24) is 14.5 Å². The van der Waals surface area contributed by atoms with Crippen LogP contribution in [0.25, 0.3) is 21.3 Å². The number of hydrogen-bond acceptors (Lipinski definition) is 3. The van der Waals surface area contributed by atoms with Crippen molar-refractivity contribution in [1.29, 1.82) is 0 Å². The molecule has 0 fully saturated rings. The van der Waals surface area contributed by atoms with Crippen molar-refractivity contribution in [2.75, 3.05) is 0 Å². The molecule has 64 valence electrons. The number of nitrogens with zero attached hydrogens (tertiary/aromatic N) is 3. The molecule has 0 saturated carbocycles. The number of rotatable bonds is 0. The van der Waals surface area contributed by atoms with E-state index in [4.69, 9.17) is 0 Å². The molecule has 0 aliphatic carbocycles. The molecule has 13 heavy (non-hydrogen) atoms. The summed E-state index contributed by atoms with van der Waals surface area (Å²) in [5.74, 6) is 0. The largest absolute Gasteiger partial charge is 0.332 e. The first-order chi connectivity index (χ1) is 6.36. The Morgan fingerprint density at radius 2 is 2.23 bits per heavy atom. The van der Waals surface area contributed by atoms with Crippen LogP contribution in [-0.4, -0.2) is 14.5 Å². The molecule has 0 unspecified atom stereocenters. The van der Waals surface area contributed by atoms with Crippen molar-refractivity contribution in [3.05, 3.63) is 24.0 Å². The van der Waals surface area contributed by atoms with Gasteiger partial charge in [0.05, 0.1) is 28.3 Å². The highest BCUT2D eigenvalue weighted by Crippen LogP contribution is 2.26. The zero-order chi connectivity index (χ0) is 8.84. The molecule has 4 heteroatoms. The fourth-order valence-electron chi connectivity index (χ4n) is 1.53. The maximum absolute atomic E-state index is 4.32. The summed E-state index contributed by atoms with van der Waals surface area (Å²) in [7, 11) is 2.01. The Balaban J connectivity index is 2.70. The van der Waals surface area contributed by atoms with Crippen molar-refractivity contribution in [3.8, 4) is 0 Å². The minimum Gasteiger partial charge on any atom is -0.332 e. The fourth-order valence-corrected chi connectivity index (χ4v) is 2.47. The predicted molar refractivity (Wildman–Crippen MR) is 53.9 cm³/mol. The molecule has 0 aliphatic rings. The van der Waals surface area contributed by atoms with Crippen molar-refractivity contribution in [3.63, 3.8) is 0 Å². The fraction of sp³-hybridized carbons (Fsp3) is 0.111. The number of imidazole rings is 1. The van der Waals surface area contributed by atoms with Gasteiger partial charge in [-0.05, 0) is 11.4 Å². The molecule has 0 radical (unpaired) electrons. The van der Waals surface area contributed by atoms with Crippen LogP contribution in [0.15, 0.2) is 24.0 Å². The second-order valence-electron chi connectivity index (χ2n) is 2.98. The number of thiophene rings is 1. The van der Waals surface area contributed by atoms with Gasteiger partial charge in [-0.2, -0.15) is 0 Å². The van der Waals surface area contributed by atoms with Crippen molar-refractivity contribution in [2.24, 2.45) is 7.05 Å². The molecule has 0 aromatic carbocycles. The summed E-state index contributed by atoms with van der Waals surface area (Å²) in [6.45, 7) is 0. The first-order valence-electron chi connectivity index (χ1n) is 3.99. The molecule has 0 aliphatic heterocycles. The minimum atomic E-state index is 0.970. The zero-order valence-electron chi connectivity index (χ0n) is 7.06. The van der Waals surface area contributed by atoms with Crippen molar-refractivity contribution >= 4 is 32.6 Å². The normalized spacial score (nSPS) is 11.5. The van der Waals surface area contributed by atoms with Crippen LogP contribution in [-0.2, 0) is 7.05 Å². The van der Waals surface area contributed by atoms with Gasteiger partial charge in [-0.3, -0.25) is 4.98 Å². The number of pyridine rings is 1. The summed E-state index contributed by atoms with van der Waals surface area (Å²) in [5, 5.41) is 2.06. The molecule has 0 saturated heterocycles. The van der Waals surface area contributed by atoms with Crippen LogP contribution in [0.2, 0.25) is 0 Å². The van der Waals surface area contributed by atoms with Gasteiger partial charge in [0.25, 0.3) is 0 Å². The molecule has 0 atom stereocenters. The molecule has 3 rings (SSSR count). The Morgan fingerprint density at radius 3 is 3.15 bits per heavy atom. The van der Waals surface area contributed by atoms with E-state index in [9.17, 15) is 0 Å². The van der Waals surface area contributed by atoms with Crippen LogP contribution < -0.4 is 0 Å². The van der Waals surface area contributed by atoms with E-state index in [-0.39, 0.29) is 0 Å². The third kappa shape index (κ3) is 0.833. The predicted octanol–water partition coefficient (Wildman–Crippen LogP) is 2.18. The number of aryl methyl sites for hydroxylation is 1. The SMILES string of the molecule is Cn1cnc2cnc3ccsc3c21. The van der Waals surface area contributed by atoms with Crippen LogP contribution in [0.5, 0.6) is 0 Å². The van der Waals surface area contributed by atoms with Gasteiger partial charge in [0.1, 0.15) is 5.52 Å². The lowest BCUT2D eigenvalue weighted by molar-refractivity contribution is 0.951. The quantitative estimate of drug-likeness (QED) is 0.542. The maximum atomic E-state index is 4.32. The molecule has 3 heterocycles. The average Bonchev–Trinajstić information content (AvgIpc) is 2.70. The lowest BCUT2D eigenvalue weighted by atomic mass is 10.3. The molecule has 0 bridgehead atoms. The molecular weight excluding hydrogens is 182 g/mol. The molecule has 0 spiro atoms. The third-order valence-electron chi connectivity index (χ3n) is 2.15. The Labute approximate surface area is 78.7 Å². The highest BCUT2D eigenvalue weighted by Gasteiger charge is 2.06. The van der Waals surface area contributed by atoms with Crippen LogP contribution in [0.1, 0.15) is 0 Å². The molecule has 0 N–H and O–H groups in total. The zero-order valence-corrected chi connectivity index (χ0v) is 7.88. The van der Waals surface area contributed by atoms with Gasteiger partial charge < -0.3 is 4.57 Å². The topological polar surface area (TPSA) is 30.7 Å². The van der Waals surface area contributed by atoms with E-state index < -0.39 is 0 Å². The highest BCUT2D eigenvalue weighted by atomic mass is 32.1. The van der Waals surface area contributed by atoms with Gasteiger partial charge in [0.15, 0.2) is 0 Å². The Kier molecular flexibility index (Phi) is 1.24. The van der Waals surface area contributed by atoms with E-state index in [1.165, 1.54) is 10.2 Å². The van der Waals surface area contributed by atoms with Gasteiger partial charge in [-0.1, -0.05) is 0 Å². The second-order valence-corrected chi connectivity index (χ2v) is 3.90. The Morgan fingerprint density at radius 1 is 1.31 bits per heavy atom. The Bertz CT molecular complexity index is 579. The van der Waals surface area contributed by atoms with Crippen LogP contribution in [0, 0.1) is 0 Å². The summed E-state index contributed by atoms with van der Waals surface area (Å²) >= 11 is 1.71. The Hall–Kier alpha value is -1.42. The van der Waals surface area contributed by atoms with Crippen molar-refractivity contribution < 1.29 is 0 Å². The van der Waals surface area contributed by atoms with Gasteiger partial charge in [-0.25, -0.2) is 4.98 Å².